The highest BCUT2D eigenvalue weighted by Crippen LogP contribution is 2.24. The number of benzene rings is 1. The SMILES string of the molecule is CCNS(=O)(=O)c1ccc(N2CCC(C)C(O)C2)cc1. The second-order valence-corrected chi connectivity index (χ2v) is 7.04. The maximum atomic E-state index is 11.9. The topological polar surface area (TPSA) is 69.6 Å². The highest BCUT2D eigenvalue weighted by atomic mass is 32.2. The van der Waals surface area contributed by atoms with Crippen LogP contribution in [0.15, 0.2) is 29.2 Å². The molecule has 0 aliphatic carbocycles. The van der Waals surface area contributed by atoms with Gasteiger partial charge >= 0.3 is 0 Å². The van der Waals surface area contributed by atoms with Crippen LogP contribution in [0.5, 0.6) is 0 Å². The molecule has 1 aliphatic rings. The Morgan fingerprint density at radius 1 is 1.35 bits per heavy atom. The van der Waals surface area contributed by atoms with E-state index in [0.29, 0.717) is 19.0 Å². The molecule has 2 rings (SSSR count). The van der Waals surface area contributed by atoms with Crippen molar-refractivity contribution in [1.29, 1.82) is 0 Å². The lowest BCUT2D eigenvalue weighted by molar-refractivity contribution is 0.103. The summed E-state index contributed by atoms with van der Waals surface area (Å²) >= 11 is 0. The zero-order chi connectivity index (χ0) is 14.8. The maximum absolute atomic E-state index is 11.9. The predicted octanol–water partition coefficient (Wildman–Crippen LogP) is 1.19. The van der Waals surface area contributed by atoms with E-state index in [9.17, 15) is 13.5 Å². The molecule has 112 valence electrons. The number of aliphatic hydroxyl groups is 1. The molecule has 6 heteroatoms. The van der Waals surface area contributed by atoms with Gasteiger partial charge in [0.05, 0.1) is 11.0 Å². The van der Waals surface area contributed by atoms with E-state index >= 15 is 0 Å². The minimum atomic E-state index is -3.40. The number of sulfonamides is 1. The van der Waals surface area contributed by atoms with Gasteiger partial charge in [-0.05, 0) is 36.6 Å². The highest BCUT2D eigenvalue weighted by molar-refractivity contribution is 7.89. The molecule has 0 aromatic heterocycles. The Kier molecular flexibility index (Phi) is 4.67. The van der Waals surface area contributed by atoms with Gasteiger partial charge in [-0.3, -0.25) is 0 Å². The fraction of sp³-hybridized carbons (Fsp3) is 0.571. The van der Waals surface area contributed by atoms with Gasteiger partial charge in [0.25, 0.3) is 0 Å². The monoisotopic (exact) mass is 298 g/mol. The molecule has 0 saturated carbocycles. The summed E-state index contributed by atoms with van der Waals surface area (Å²) in [5.74, 6) is 0.319. The van der Waals surface area contributed by atoms with Crippen LogP contribution in [0.2, 0.25) is 0 Å². The van der Waals surface area contributed by atoms with Crippen molar-refractivity contribution in [3.8, 4) is 0 Å². The number of rotatable bonds is 4. The lowest BCUT2D eigenvalue weighted by Gasteiger charge is -2.35. The third-order valence-electron chi connectivity index (χ3n) is 3.77. The summed E-state index contributed by atoms with van der Waals surface area (Å²) in [6, 6.07) is 6.81. The molecule has 2 unspecified atom stereocenters. The van der Waals surface area contributed by atoms with E-state index in [1.807, 2.05) is 6.92 Å². The Balaban J connectivity index is 2.13. The lowest BCUT2D eigenvalue weighted by atomic mass is 9.96. The van der Waals surface area contributed by atoms with Gasteiger partial charge < -0.3 is 10.0 Å². The molecule has 0 bridgehead atoms. The van der Waals surface area contributed by atoms with Crippen LogP contribution in [-0.4, -0.2) is 39.3 Å². The van der Waals surface area contributed by atoms with Gasteiger partial charge in [-0.1, -0.05) is 13.8 Å². The number of β-amino-alcohol motifs (C(OH)–C–C–N with tert-alkyl or cyclic N) is 1. The van der Waals surface area contributed by atoms with Gasteiger partial charge in [0.2, 0.25) is 10.0 Å². The number of hydrogen-bond donors (Lipinski definition) is 2. The molecule has 1 aromatic rings. The molecule has 1 fully saturated rings. The van der Waals surface area contributed by atoms with E-state index in [2.05, 4.69) is 9.62 Å². The molecule has 0 amide bonds. The Morgan fingerprint density at radius 3 is 2.55 bits per heavy atom. The van der Waals surface area contributed by atoms with E-state index in [0.717, 1.165) is 18.7 Å². The summed E-state index contributed by atoms with van der Waals surface area (Å²) in [7, 11) is -3.40. The van der Waals surface area contributed by atoms with Crippen LogP contribution in [0, 0.1) is 5.92 Å². The first kappa shape index (κ1) is 15.3. The number of nitrogens with one attached hydrogen (secondary N) is 1. The molecule has 20 heavy (non-hydrogen) atoms. The van der Waals surface area contributed by atoms with Gasteiger partial charge in [-0.15, -0.1) is 0 Å². The van der Waals surface area contributed by atoms with Crippen molar-refractivity contribution >= 4 is 15.7 Å². The highest BCUT2D eigenvalue weighted by Gasteiger charge is 2.24. The normalized spacial score (nSPS) is 23.9. The van der Waals surface area contributed by atoms with Gasteiger partial charge in [0.15, 0.2) is 0 Å². The Bertz CT molecular complexity index is 542. The van der Waals surface area contributed by atoms with E-state index < -0.39 is 10.0 Å². The van der Waals surface area contributed by atoms with Gasteiger partial charge in [0.1, 0.15) is 0 Å². The molecular formula is C14H22N2O3S. The zero-order valence-electron chi connectivity index (χ0n) is 11.9. The molecule has 2 atom stereocenters. The number of piperidine rings is 1. The van der Waals surface area contributed by atoms with Crippen LogP contribution in [0.1, 0.15) is 20.3 Å². The summed E-state index contributed by atoms with van der Waals surface area (Å²) in [4.78, 5) is 2.36. The Morgan fingerprint density at radius 2 is 2.00 bits per heavy atom. The van der Waals surface area contributed by atoms with Gasteiger partial charge in [0, 0.05) is 25.3 Å². The molecular weight excluding hydrogens is 276 g/mol. The maximum Gasteiger partial charge on any atom is 0.240 e. The fourth-order valence-corrected chi connectivity index (χ4v) is 3.43. The summed E-state index contributed by atoms with van der Waals surface area (Å²) in [5, 5.41) is 9.92. The smallest absolute Gasteiger partial charge is 0.240 e. The number of aliphatic hydroxyl groups excluding tert-OH is 1. The average Bonchev–Trinajstić information content (AvgIpc) is 2.42. The van der Waals surface area contributed by atoms with Crippen LogP contribution in [0.3, 0.4) is 0 Å². The number of nitrogens with zero attached hydrogens (tertiary/aromatic N) is 1. The summed E-state index contributed by atoms with van der Waals surface area (Å²) in [6.07, 6.45) is 0.618. The van der Waals surface area contributed by atoms with Gasteiger partial charge in [-0.25, -0.2) is 13.1 Å². The molecule has 1 saturated heterocycles. The standard InChI is InChI=1S/C14H22N2O3S/c1-3-15-20(18,19)13-6-4-12(5-7-13)16-9-8-11(2)14(17)10-16/h4-7,11,14-15,17H,3,8-10H2,1-2H3. The third kappa shape index (κ3) is 3.31. The van der Waals surface area contributed by atoms with Crippen molar-refractivity contribution < 1.29 is 13.5 Å². The summed E-state index contributed by atoms with van der Waals surface area (Å²) in [5.41, 5.74) is 0.950. The fourth-order valence-electron chi connectivity index (χ4n) is 2.39. The molecule has 2 N–H and O–H groups in total. The summed E-state index contributed by atoms with van der Waals surface area (Å²) < 4.78 is 26.2. The van der Waals surface area contributed by atoms with Crippen molar-refractivity contribution in [2.75, 3.05) is 24.5 Å². The lowest BCUT2D eigenvalue weighted by Crippen LogP contribution is -2.42. The van der Waals surface area contributed by atoms with Crippen molar-refractivity contribution in [1.82, 2.24) is 4.72 Å². The van der Waals surface area contributed by atoms with E-state index in [1.54, 1.807) is 31.2 Å². The Labute approximate surface area is 120 Å². The van der Waals surface area contributed by atoms with E-state index in [-0.39, 0.29) is 11.0 Å². The van der Waals surface area contributed by atoms with Crippen LogP contribution in [-0.2, 0) is 10.0 Å². The largest absolute Gasteiger partial charge is 0.391 e. The van der Waals surface area contributed by atoms with Gasteiger partial charge in [-0.2, -0.15) is 0 Å². The molecule has 1 aliphatic heterocycles. The van der Waals surface area contributed by atoms with Crippen LogP contribution < -0.4 is 9.62 Å². The third-order valence-corrected chi connectivity index (χ3v) is 5.33. The zero-order valence-corrected chi connectivity index (χ0v) is 12.7. The minimum absolute atomic E-state index is 0.272. The first-order chi connectivity index (χ1) is 9.44. The quantitative estimate of drug-likeness (QED) is 0.876. The van der Waals surface area contributed by atoms with Crippen molar-refractivity contribution in [3.63, 3.8) is 0 Å². The van der Waals surface area contributed by atoms with Crippen LogP contribution in [0.25, 0.3) is 0 Å². The van der Waals surface area contributed by atoms with E-state index in [4.69, 9.17) is 0 Å². The first-order valence-corrected chi connectivity index (χ1v) is 8.45. The van der Waals surface area contributed by atoms with Crippen LogP contribution >= 0.6 is 0 Å². The second kappa shape index (κ2) is 6.11. The molecule has 5 nitrogen and oxygen atoms in total. The van der Waals surface area contributed by atoms with E-state index in [1.165, 1.54) is 0 Å². The van der Waals surface area contributed by atoms with Crippen LogP contribution in [0.4, 0.5) is 5.69 Å². The number of anilines is 1. The molecule has 0 radical (unpaired) electrons. The van der Waals surface area contributed by atoms with Crippen molar-refractivity contribution in [2.45, 2.75) is 31.3 Å². The number of hydrogen-bond acceptors (Lipinski definition) is 4. The minimum Gasteiger partial charge on any atom is -0.391 e. The second-order valence-electron chi connectivity index (χ2n) is 5.27. The molecule has 1 heterocycles. The average molecular weight is 298 g/mol. The summed E-state index contributed by atoms with van der Waals surface area (Å²) in [6.45, 7) is 5.66. The molecule has 1 aromatic carbocycles. The molecule has 0 spiro atoms. The van der Waals surface area contributed by atoms with Crippen molar-refractivity contribution in [3.05, 3.63) is 24.3 Å². The van der Waals surface area contributed by atoms with Crippen molar-refractivity contribution in [2.24, 2.45) is 5.92 Å². The predicted molar refractivity (Wildman–Crippen MR) is 79.3 cm³/mol. The Hall–Kier alpha value is -1.11. The first-order valence-electron chi connectivity index (χ1n) is 6.97.